The Hall–Kier alpha value is -1.78. The molecule has 2 aromatic carbocycles. The number of hydrogen-bond acceptors (Lipinski definition) is 2. The first-order chi connectivity index (χ1) is 10.1. The average Bonchev–Trinajstić information content (AvgIpc) is 2.45. The number of benzene rings is 2. The van der Waals surface area contributed by atoms with Crippen molar-refractivity contribution in [1.29, 1.82) is 0 Å². The van der Waals surface area contributed by atoms with Gasteiger partial charge in [-0.15, -0.1) is 0 Å². The van der Waals surface area contributed by atoms with Crippen LogP contribution in [0.1, 0.15) is 24.0 Å². The summed E-state index contributed by atoms with van der Waals surface area (Å²) in [4.78, 5) is 0. The van der Waals surface area contributed by atoms with Crippen LogP contribution in [0.25, 0.3) is 0 Å². The highest BCUT2D eigenvalue weighted by molar-refractivity contribution is 5.34. The average molecular weight is 291 g/mol. The number of hydrogen-bond donors (Lipinski definition) is 2. The van der Waals surface area contributed by atoms with E-state index in [2.05, 4.69) is 5.32 Å². The molecule has 0 spiro atoms. The maximum absolute atomic E-state index is 13.5. The summed E-state index contributed by atoms with van der Waals surface area (Å²) < 4.78 is 27.0. The van der Waals surface area contributed by atoms with E-state index in [-0.39, 0.29) is 30.2 Å². The van der Waals surface area contributed by atoms with Crippen molar-refractivity contribution in [2.24, 2.45) is 0 Å². The molecule has 0 aliphatic heterocycles. The van der Waals surface area contributed by atoms with Crippen LogP contribution in [0, 0.1) is 11.6 Å². The van der Waals surface area contributed by atoms with Gasteiger partial charge in [-0.25, -0.2) is 8.78 Å². The number of halogens is 2. The van der Waals surface area contributed by atoms with Crippen LogP contribution in [-0.4, -0.2) is 24.3 Å². The van der Waals surface area contributed by atoms with Gasteiger partial charge in [0.1, 0.15) is 11.6 Å². The first kappa shape index (κ1) is 15.6. The number of aliphatic hydroxyl groups is 1. The summed E-state index contributed by atoms with van der Waals surface area (Å²) in [6.45, 7) is 2.39. The predicted octanol–water partition coefficient (Wildman–Crippen LogP) is 3.07. The van der Waals surface area contributed by atoms with Gasteiger partial charge in [-0.05, 0) is 42.3 Å². The van der Waals surface area contributed by atoms with Crippen molar-refractivity contribution in [1.82, 2.24) is 5.32 Å². The summed E-state index contributed by atoms with van der Waals surface area (Å²) in [5, 5.41) is 12.1. The fraction of sp³-hybridized carbons (Fsp3) is 0.294. The second-order valence-electron chi connectivity index (χ2n) is 5.05. The van der Waals surface area contributed by atoms with E-state index >= 15 is 0 Å². The molecule has 0 fully saturated rings. The van der Waals surface area contributed by atoms with Gasteiger partial charge in [0.15, 0.2) is 0 Å². The molecule has 2 N–H and O–H groups in total. The molecule has 112 valence electrons. The highest BCUT2D eigenvalue weighted by Gasteiger charge is 2.21. The van der Waals surface area contributed by atoms with E-state index in [0.717, 1.165) is 11.1 Å². The second kappa shape index (κ2) is 7.29. The normalized spacial score (nSPS) is 12.6. The van der Waals surface area contributed by atoms with Gasteiger partial charge in [0.05, 0.1) is 6.61 Å². The summed E-state index contributed by atoms with van der Waals surface area (Å²) in [6, 6.07) is 12.6. The molecular weight excluding hydrogens is 272 g/mol. The molecule has 1 atom stereocenters. The highest BCUT2D eigenvalue weighted by atomic mass is 19.1. The number of rotatable bonds is 6. The van der Waals surface area contributed by atoms with E-state index in [1.807, 2.05) is 19.1 Å². The Labute approximate surface area is 123 Å². The Morgan fingerprint density at radius 3 is 1.95 bits per heavy atom. The van der Waals surface area contributed by atoms with Gasteiger partial charge in [-0.3, -0.25) is 0 Å². The molecule has 0 bridgehead atoms. The molecule has 2 nitrogen and oxygen atoms in total. The van der Waals surface area contributed by atoms with E-state index < -0.39 is 0 Å². The minimum atomic E-state index is -0.316. The van der Waals surface area contributed by atoms with Gasteiger partial charge in [0, 0.05) is 18.5 Å². The van der Waals surface area contributed by atoms with Gasteiger partial charge in [-0.2, -0.15) is 0 Å². The summed E-state index contributed by atoms with van der Waals surface area (Å²) in [5.41, 5.74) is 1.55. The number of aliphatic hydroxyl groups excluding tert-OH is 1. The van der Waals surface area contributed by atoms with Crippen LogP contribution in [0.4, 0.5) is 8.78 Å². The van der Waals surface area contributed by atoms with Crippen molar-refractivity contribution in [3.63, 3.8) is 0 Å². The third-order valence-corrected chi connectivity index (χ3v) is 3.49. The fourth-order valence-electron chi connectivity index (χ4n) is 2.58. The molecule has 0 aromatic heterocycles. The van der Waals surface area contributed by atoms with Crippen molar-refractivity contribution >= 4 is 0 Å². The summed E-state index contributed by atoms with van der Waals surface area (Å²) in [5.74, 6) is -0.825. The van der Waals surface area contributed by atoms with Crippen molar-refractivity contribution < 1.29 is 13.9 Å². The molecular formula is C17H19F2NO. The first-order valence-electron chi connectivity index (χ1n) is 6.97. The maximum Gasteiger partial charge on any atom is 0.123 e. The van der Waals surface area contributed by atoms with Crippen molar-refractivity contribution in [3.05, 3.63) is 71.3 Å². The lowest BCUT2D eigenvalue weighted by molar-refractivity contribution is 0.283. The molecule has 4 heteroatoms. The molecule has 2 aromatic rings. The minimum absolute atomic E-state index is 0.0172. The molecule has 1 unspecified atom stereocenters. The lowest BCUT2D eigenvalue weighted by Crippen LogP contribution is -2.34. The molecule has 0 aliphatic rings. The first-order valence-corrected chi connectivity index (χ1v) is 6.97. The van der Waals surface area contributed by atoms with Crippen LogP contribution in [-0.2, 0) is 0 Å². The number of nitrogens with one attached hydrogen (secondary N) is 1. The van der Waals surface area contributed by atoms with Crippen molar-refractivity contribution in [2.45, 2.75) is 18.9 Å². The molecule has 21 heavy (non-hydrogen) atoms. The molecule has 0 saturated carbocycles. The summed E-state index contributed by atoms with van der Waals surface area (Å²) >= 11 is 0. The highest BCUT2D eigenvalue weighted by Crippen LogP contribution is 2.29. The molecule has 2 rings (SSSR count). The third-order valence-electron chi connectivity index (χ3n) is 3.49. The van der Waals surface area contributed by atoms with Crippen LogP contribution in [0.5, 0.6) is 0 Å². The molecule has 0 radical (unpaired) electrons. The predicted molar refractivity (Wildman–Crippen MR) is 79.2 cm³/mol. The zero-order valence-corrected chi connectivity index (χ0v) is 11.9. The maximum atomic E-state index is 13.5. The van der Waals surface area contributed by atoms with Crippen molar-refractivity contribution in [3.8, 4) is 0 Å². The van der Waals surface area contributed by atoms with Crippen LogP contribution in [0.3, 0.4) is 0 Å². The zero-order chi connectivity index (χ0) is 15.2. The Morgan fingerprint density at radius 2 is 1.52 bits per heavy atom. The van der Waals surface area contributed by atoms with Crippen molar-refractivity contribution in [2.75, 3.05) is 13.2 Å². The van der Waals surface area contributed by atoms with Gasteiger partial charge >= 0.3 is 0 Å². The van der Waals surface area contributed by atoms with E-state index in [9.17, 15) is 8.78 Å². The van der Waals surface area contributed by atoms with Crippen LogP contribution in [0.15, 0.2) is 48.5 Å². The van der Waals surface area contributed by atoms with E-state index in [1.165, 1.54) is 24.3 Å². The Kier molecular flexibility index (Phi) is 5.42. The van der Waals surface area contributed by atoms with E-state index in [0.29, 0.717) is 6.54 Å². The van der Waals surface area contributed by atoms with Gasteiger partial charge < -0.3 is 10.4 Å². The Bertz CT molecular complexity index is 543. The minimum Gasteiger partial charge on any atom is -0.395 e. The quantitative estimate of drug-likeness (QED) is 0.857. The molecule has 0 saturated heterocycles. The molecule has 0 heterocycles. The summed E-state index contributed by atoms with van der Waals surface area (Å²) in [7, 11) is 0. The van der Waals surface area contributed by atoms with Gasteiger partial charge in [-0.1, -0.05) is 24.3 Å². The Morgan fingerprint density at radius 1 is 1.00 bits per heavy atom. The molecule has 0 amide bonds. The smallest absolute Gasteiger partial charge is 0.123 e. The standard InChI is InChI=1S/C17H19F2NO/c1-12(20-8-9-21)17(13-4-2-6-15(18)10-13)14-5-3-7-16(19)11-14/h2-7,10-12,17,20-21H,8-9H2,1H3. The second-order valence-corrected chi connectivity index (χ2v) is 5.05. The summed E-state index contributed by atoms with van der Waals surface area (Å²) in [6.07, 6.45) is 0. The fourth-order valence-corrected chi connectivity index (χ4v) is 2.58. The SMILES string of the molecule is CC(NCCO)C(c1cccc(F)c1)c1cccc(F)c1. The van der Waals surface area contributed by atoms with Crippen LogP contribution < -0.4 is 5.32 Å². The Balaban J connectivity index is 2.39. The van der Waals surface area contributed by atoms with E-state index in [1.54, 1.807) is 12.1 Å². The van der Waals surface area contributed by atoms with Gasteiger partial charge in [0.2, 0.25) is 0 Å². The monoisotopic (exact) mass is 291 g/mol. The zero-order valence-electron chi connectivity index (χ0n) is 11.9. The third kappa shape index (κ3) is 4.09. The topological polar surface area (TPSA) is 32.3 Å². The van der Waals surface area contributed by atoms with Gasteiger partial charge in [0.25, 0.3) is 0 Å². The van der Waals surface area contributed by atoms with E-state index in [4.69, 9.17) is 5.11 Å². The molecule has 0 aliphatic carbocycles. The lowest BCUT2D eigenvalue weighted by atomic mass is 9.85. The largest absolute Gasteiger partial charge is 0.395 e. The van der Waals surface area contributed by atoms with Crippen LogP contribution in [0.2, 0.25) is 0 Å². The van der Waals surface area contributed by atoms with Crippen LogP contribution >= 0.6 is 0 Å². The lowest BCUT2D eigenvalue weighted by Gasteiger charge is -2.26.